The second kappa shape index (κ2) is 19.8. The van der Waals surface area contributed by atoms with Crippen LogP contribution in [0.25, 0.3) is 22.0 Å². The van der Waals surface area contributed by atoms with E-state index in [1.807, 2.05) is 6.07 Å². The molecule has 19 heteroatoms. The number of anilines is 1. The Labute approximate surface area is 359 Å². The molecular formula is C44H46F2N4O13. The predicted molar refractivity (Wildman–Crippen MR) is 220 cm³/mol. The fourth-order valence-corrected chi connectivity index (χ4v) is 7.40. The van der Waals surface area contributed by atoms with Crippen LogP contribution in [0.2, 0.25) is 0 Å². The van der Waals surface area contributed by atoms with E-state index in [4.69, 9.17) is 18.9 Å². The maximum Gasteiger partial charge on any atom is 0.413 e. The molecule has 0 spiro atoms. The highest BCUT2D eigenvalue weighted by molar-refractivity contribution is 5.97. The summed E-state index contributed by atoms with van der Waals surface area (Å²) in [7, 11) is 1.32. The van der Waals surface area contributed by atoms with E-state index in [9.17, 15) is 48.2 Å². The summed E-state index contributed by atoms with van der Waals surface area (Å²) in [5.41, 5.74) is 0.433. The number of nitrogens with one attached hydrogen (secondary N) is 1. The quantitative estimate of drug-likeness (QED) is 0.0704. The van der Waals surface area contributed by atoms with Gasteiger partial charge in [-0.15, -0.1) is 0 Å². The van der Waals surface area contributed by atoms with Gasteiger partial charge in [-0.2, -0.15) is 0 Å². The van der Waals surface area contributed by atoms with Crippen LogP contribution in [0.3, 0.4) is 0 Å². The number of aromatic carboxylic acids is 1. The lowest BCUT2D eigenvalue weighted by Crippen LogP contribution is -2.54. The molecule has 3 N–H and O–H groups in total. The Hall–Kier alpha value is -7.05. The monoisotopic (exact) mass is 876 g/mol. The van der Waals surface area contributed by atoms with Crippen molar-refractivity contribution >= 4 is 52.5 Å². The summed E-state index contributed by atoms with van der Waals surface area (Å²) in [5.74, 6) is -7.53. The number of methoxy groups -OCH3 is 1. The molecule has 3 atom stereocenters. The first-order chi connectivity index (χ1) is 30.1. The summed E-state index contributed by atoms with van der Waals surface area (Å²) < 4.78 is 53.2. The average Bonchev–Trinajstić information content (AvgIpc) is 4.10. The van der Waals surface area contributed by atoms with E-state index in [2.05, 4.69) is 5.32 Å². The molecule has 1 aliphatic carbocycles. The van der Waals surface area contributed by atoms with Gasteiger partial charge >= 0.3 is 30.0 Å². The molecule has 6 rings (SSSR count). The zero-order valence-corrected chi connectivity index (χ0v) is 34.6. The second-order valence-electron chi connectivity index (χ2n) is 15.2. The summed E-state index contributed by atoms with van der Waals surface area (Å²) in [6, 6.07) is 12.0. The molecule has 17 nitrogen and oxygen atoms in total. The van der Waals surface area contributed by atoms with Gasteiger partial charge in [0.15, 0.2) is 11.6 Å². The van der Waals surface area contributed by atoms with Gasteiger partial charge in [-0.25, -0.2) is 23.2 Å². The number of pyridine rings is 1. The number of carbonyl (C=O) groups is 6. The number of esters is 2. The molecule has 1 aromatic heterocycles. The van der Waals surface area contributed by atoms with Crippen molar-refractivity contribution in [3.63, 3.8) is 0 Å². The molecule has 1 aliphatic heterocycles. The van der Waals surface area contributed by atoms with Crippen molar-refractivity contribution in [3.8, 4) is 16.9 Å². The van der Waals surface area contributed by atoms with Crippen molar-refractivity contribution in [2.45, 2.75) is 70.0 Å². The number of carboxylic acids is 2. The molecule has 2 heterocycles. The number of aliphatic carboxylic acids is 1. The molecule has 3 unspecified atom stereocenters. The van der Waals surface area contributed by atoms with Crippen LogP contribution in [0.15, 0.2) is 65.6 Å². The number of carbonyl (C=O) groups excluding carboxylic acids is 4. The number of piperazine rings is 1. The number of fused-ring (bicyclic) bond motifs is 1. The Morgan fingerprint density at radius 1 is 0.937 bits per heavy atom. The molecular weight excluding hydrogens is 830 g/mol. The normalized spacial score (nSPS) is 15.9. The summed E-state index contributed by atoms with van der Waals surface area (Å²) in [4.78, 5) is 90.2. The van der Waals surface area contributed by atoms with E-state index in [1.54, 1.807) is 59.7 Å². The third-order valence-corrected chi connectivity index (χ3v) is 10.9. The summed E-state index contributed by atoms with van der Waals surface area (Å²) >= 11 is 0. The Kier molecular flexibility index (Phi) is 14.3. The van der Waals surface area contributed by atoms with Gasteiger partial charge in [0.05, 0.1) is 37.0 Å². The number of benzene rings is 3. The van der Waals surface area contributed by atoms with Gasteiger partial charge < -0.3 is 48.8 Å². The predicted octanol–water partition coefficient (Wildman–Crippen LogP) is 5.22. The van der Waals surface area contributed by atoms with E-state index in [0.29, 0.717) is 16.7 Å². The van der Waals surface area contributed by atoms with Crippen LogP contribution in [0.4, 0.5) is 19.3 Å². The Morgan fingerprint density at radius 2 is 1.67 bits per heavy atom. The number of rotatable bonds is 17. The van der Waals surface area contributed by atoms with Gasteiger partial charge in [0, 0.05) is 49.9 Å². The first-order valence-electron chi connectivity index (χ1n) is 20.2. The zero-order chi connectivity index (χ0) is 45.5. The highest BCUT2D eigenvalue weighted by atomic mass is 19.1. The number of hydrogen-bond donors (Lipinski definition) is 3. The van der Waals surface area contributed by atoms with Crippen LogP contribution in [-0.2, 0) is 33.4 Å². The van der Waals surface area contributed by atoms with Gasteiger partial charge in [-0.1, -0.05) is 42.5 Å². The number of halogens is 2. The van der Waals surface area contributed by atoms with Crippen molar-refractivity contribution in [3.05, 3.63) is 93.8 Å². The van der Waals surface area contributed by atoms with Gasteiger partial charge in [-0.05, 0) is 56.4 Å². The van der Waals surface area contributed by atoms with E-state index in [-0.39, 0.29) is 67.5 Å². The van der Waals surface area contributed by atoms with Crippen LogP contribution in [0.1, 0.15) is 73.8 Å². The fourth-order valence-electron chi connectivity index (χ4n) is 7.40. The standard InChI is InChI=1S/C44H46F2N4O13/c1-24-21-48(38-33(46)19-30-37(40(38)60-3)50(28-12-13-28)22-31(39(30)53)41(54)55)15-16-49(24)44(59)63-23-62-36(52)20-34(42(56)57)47-35(51)10-7-17-61-43(58)25(2)27-11-14-29(32(45)18-27)26-8-5-4-6-9-26/h4-6,8-9,11,14,18-19,22,24-25,28,34H,7,10,12-13,15-17,20-21,23H2,1-3H3,(H,47,51)(H,54,55)(H,56,57). The highest BCUT2D eigenvalue weighted by Gasteiger charge is 2.35. The number of hydrogen-bond acceptors (Lipinski definition) is 12. The van der Waals surface area contributed by atoms with E-state index in [1.165, 1.54) is 24.3 Å². The van der Waals surface area contributed by atoms with Crippen molar-refractivity contribution < 1.29 is 66.7 Å². The largest absolute Gasteiger partial charge is 0.492 e. The molecule has 63 heavy (non-hydrogen) atoms. The molecule has 1 saturated heterocycles. The Morgan fingerprint density at radius 3 is 2.30 bits per heavy atom. The second-order valence-corrected chi connectivity index (χ2v) is 15.2. The molecule has 3 aromatic carbocycles. The smallest absolute Gasteiger partial charge is 0.413 e. The minimum atomic E-state index is -1.68. The van der Waals surface area contributed by atoms with E-state index >= 15 is 4.39 Å². The topological polar surface area (TPSA) is 220 Å². The molecule has 2 aliphatic rings. The highest BCUT2D eigenvalue weighted by Crippen LogP contribution is 2.44. The van der Waals surface area contributed by atoms with Gasteiger partial charge in [0.1, 0.15) is 23.1 Å². The molecule has 0 radical (unpaired) electrons. The lowest BCUT2D eigenvalue weighted by atomic mass is 9.97. The minimum Gasteiger partial charge on any atom is -0.492 e. The third kappa shape index (κ3) is 10.5. The summed E-state index contributed by atoms with van der Waals surface area (Å²) in [5, 5.41) is 21.3. The van der Waals surface area contributed by atoms with Gasteiger partial charge in [-0.3, -0.25) is 19.2 Å². The van der Waals surface area contributed by atoms with Gasteiger partial charge in [0.2, 0.25) is 18.1 Å². The number of aromatic nitrogens is 1. The van der Waals surface area contributed by atoms with Crippen LogP contribution in [0, 0.1) is 11.6 Å². The lowest BCUT2D eigenvalue weighted by Gasteiger charge is -2.40. The van der Waals surface area contributed by atoms with E-state index < -0.39 is 89.7 Å². The van der Waals surface area contributed by atoms with Crippen LogP contribution in [-0.4, -0.2) is 108 Å². The number of carboxylic acid groups (broad SMARTS) is 2. The number of amides is 2. The third-order valence-electron chi connectivity index (χ3n) is 10.9. The zero-order valence-electron chi connectivity index (χ0n) is 34.6. The first kappa shape index (κ1) is 45.5. The maximum absolute atomic E-state index is 15.8. The van der Waals surface area contributed by atoms with Crippen LogP contribution in [0.5, 0.6) is 5.75 Å². The Balaban J connectivity index is 0.940. The lowest BCUT2D eigenvalue weighted by molar-refractivity contribution is -0.156. The van der Waals surface area contributed by atoms with Crippen molar-refractivity contribution in [2.75, 3.05) is 45.0 Å². The number of nitrogens with zero attached hydrogens (tertiary/aromatic N) is 3. The SMILES string of the molecule is COc1c(N2CCN(C(=O)OCOC(=O)CC(NC(=O)CCCOC(=O)C(C)c3ccc(-c4ccccc4)c(F)c3)C(=O)O)C(C)C2)c(F)cc2c(=O)c(C(=O)O)cn(C3CC3)c12. The van der Waals surface area contributed by atoms with Crippen LogP contribution < -0.4 is 20.4 Å². The number of ether oxygens (including phenoxy) is 4. The van der Waals surface area contributed by atoms with E-state index in [0.717, 1.165) is 18.9 Å². The molecule has 0 bridgehead atoms. The molecule has 2 amide bonds. The van der Waals surface area contributed by atoms with Crippen molar-refractivity contribution in [1.29, 1.82) is 0 Å². The van der Waals surface area contributed by atoms with Gasteiger partial charge in [0.25, 0.3) is 0 Å². The Bertz CT molecular complexity index is 2480. The van der Waals surface area contributed by atoms with Crippen molar-refractivity contribution in [1.82, 2.24) is 14.8 Å². The molecule has 334 valence electrons. The average molecular weight is 877 g/mol. The van der Waals surface area contributed by atoms with Crippen molar-refractivity contribution in [2.24, 2.45) is 0 Å². The minimum absolute atomic E-state index is 0.0216. The van der Waals surface area contributed by atoms with Crippen LogP contribution >= 0.6 is 0 Å². The fraction of sp³-hybridized carbons (Fsp3) is 0.386. The maximum atomic E-state index is 15.8. The molecule has 4 aromatic rings. The molecule has 1 saturated carbocycles. The first-order valence-corrected chi connectivity index (χ1v) is 20.2. The summed E-state index contributed by atoms with van der Waals surface area (Å²) in [6.45, 7) is 2.36. The summed E-state index contributed by atoms with van der Waals surface area (Å²) in [6.07, 6.45) is 0.812. The molecule has 2 fully saturated rings.